The van der Waals surface area contributed by atoms with Gasteiger partial charge in [-0.1, -0.05) is 6.07 Å². The molecule has 0 aliphatic rings. The molecule has 26 heavy (non-hydrogen) atoms. The predicted molar refractivity (Wildman–Crippen MR) is 107 cm³/mol. The molecule has 0 aliphatic carbocycles. The van der Waals surface area contributed by atoms with Crippen molar-refractivity contribution in [3.05, 3.63) is 82.6 Å². The van der Waals surface area contributed by atoms with Crippen LogP contribution in [0.25, 0.3) is 5.70 Å². The molecule has 4 nitrogen and oxygen atoms in total. The Bertz CT molecular complexity index is 854. The first-order valence-corrected chi connectivity index (χ1v) is 9.12. The Labute approximate surface area is 157 Å². The first-order chi connectivity index (χ1) is 12.7. The van der Waals surface area contributed by atoms with E-state index in [1.165, 1.54) is 11.1 Å². The Morgan fingerprint density at radius 1 is 0.962 bits per heavy atom. The van der Waals surface area contributed by atoms with Crippen LogP contribution in [-0.4, -0.2) is 12.8 Å². The molecule has 1 aromatic heterocycles. The van der Waals surface area contributed by atoms with Gasteiger partial charge in [0, 0.05) is 23.2 Å². The summed E-state index contributed by atoms with van der Waals surface area (Å²) in [5.74, 6) is 2.29. The molecule has 2 aromatic carbocycles. The molecule has 1 heterocycles. The van der Waals surface area contributed by atoms with Gasteiger partial charge in [-0.05, 0) is 71.6 Å². The third-order valence-corrected chi connectivity index (χ3v) is 4.64. The predicted octanol–water partition coefficient (Wildman–Crippen LogP) is 5.11. The van der Waals surface area contributed by atoms with Crippen molar-refractivity contribution in [3.63, 3.8) is 0 Å². The standard InChI is InChI=1S/C21H20N2O2S/c22-13-11-21(23)16-3-5-18(6-4-16)25-19-9-7-17(8-10-19)24-14-12-20-2-1-15-26-20/h1-11,13,15,22H,12,14,23H2/b21-11-,22-13?. The number of allylic oxidation sites excluding steroid dienone is 1. The summed E-state index contributed by atoms with van der Waals surface area (Å²) >= 11 is 1.74. The van der Waals surface area contributed by atoms with Crippen LogP contribution >= 0.6 is 11.3 Å². The second-order valence-corrected chi connectivity index (χ2v) is 6.60. The highest BCUT2D eigenvalue weighted by atomic mass is 32.1. The summed E-state index contributed by atoms with van der Waals surface area (Å²) in [4.78, 5) is 1.32. The minimum absolute atomic E-state index is 0.551. The fourth-order valence-corrected chi connectivity index (χ4v) is 3.06. The average Bonchev–Trinajstić information content (AvgIpc) is 3.17. The number of rotatable bonds is 8. The van der Waals surface area contributed by atoms with E-state index in [1.807, 2.05) is 48.5 Å². The molecule has 3 aromatic rings. The lowest BCUT2D eigenvalue weighted by Crippen LogP contribution is -1.99. The highest BCUT2D eigenvalue weighted by Crippen LogP contribution is 2.25. The van der Waals surface area contributed by atoms with Crippen LogP contribution in [0.2, 0.25) is 0 Å². The molecule has 0 aliphatic heterocycles. The molecule has 0 saturated carbocycles. The van der Waals surface area contributed by atoms with E-state index in [9.17, 15) is 0 Å². The normalized spacial score (nSPS) is 11.2. The minimum atomic E-state index is 0.551. The van der Waals surface area contributed by atoms with Crippen LogP contribution in [0.1, 0.15) is 10.4 Å². The quantitative estimate of drug-likeness (QED) is 0.546. The van der Waals surface area contributed by atoms with Crippen molar-refractivity contribution in [1.29, 1.82) is 5.41 Å². The van der Waals surface area contributed by atoms with Crippen LogP contribution < -0.4 is 15.2 Å². The highest BCUT2D eigenvalue weighted by molar-refractivity contribution is 7.09. The summed E-state index contributed by atoms with van der Waals surface area (Å²) in [5.41, 5.74) is 7.26. The fourth-order valence-electron chi connectivity index (χ4n) is 2.37. The van der Waals surface area contributed by atoms with Gasteiger partial charge in [0.1, 0.15) is 17.2 Å². The van der Waals surface area contributed by atoms with Gasteiger partial charge < -0.3 is 20.6 Å². The molecular formula is C21H20N2O2S. The summed E-state index contributed by atoms with van der Waals surface area (Å²) in [6, 6.07) is 19.2. The molecule has 0 amide bonds. The summed E-state index contributed by atoms with van der Waals surface area (Å²) in [5, 5.41) is 9.13. The number of nitrogens with one attached hydrogen (secondary N) is 1. The van der Waals surface area contributed by atoms with Gasteiger partial charge in [-0.15, -0.1) is 11.3 Å². The van der Waals surface area contributed by atoms with Gasteiger partial charge in [-0.2, -0.15) is 0 Å². The van der Waals surface area contributed by atoms with Crippen molar-refractivity contribution in [2.45, 2.75) is 6.42 Å². The van der Waals surface area contributed by atoms with Gasteiger partial charge in [0.15, 0.2) is 0 Å². The van der Waals surface area contributed by atoms with Crippen LogP contribution in [0.3, 0.4) is 0 Å². The van der Waals surface area contributed by atoms with E-state index in [0.29, 0.717) is 12.3 Å². The topological polar surface area (TPSA) is 68.3 Å². The van der Waals surface area contributed by atoms with Gasteiger partial charge in [-0.3, -0.25) is 0 Å². The van der Waals surface area contributed by atoms with E-state index in [4.69, 9.17) is 20.6 Å². The first kappa shape index (κ1) is 17.8. The number of nitrogens with two attached hydrogens (primary N) is 1. The molecule has 132 valence electrons. The maximum Gasteiger partial charge on any atom is 0.127 e. The number of hydrogen-bond donors (Lipinski definition) is 2. The summed E-state index contributed by atoms with van der Waals surface area (Å²) in [7, 11) is 0. The molecule has 5 heteroatoms. The Balaban J connectivity index is 1.53. The van der Waals surface area contributed by atoms with Crippen LogP contribution in [0.15, 0.2) is 72.1 Å². The zero-order chi connectivity index (χ0) is 18.2. The lowest BCUT2D eigenvalue weighted by atomic mass is 10.1. The van der Waals surface area contributed by atoms with Crippen molar-refractivity contribution in [2.24, 2.45) is 5.73 Å². The molecule has 0 radical (unpaired) electrons. The van der Waals surface area contributed by atoms with Crippen LogP contribution in [0, 0.1) is 5.41 Å². The van der Waals surface area contributed by atoms with Gasteiger partial charge in [0.25, 0.3) is 0 Å². The summed E-state index contributed by atoms with van der Waals surface area (Å²) in [6.07, 6.45) is 3.63. The van der Waals surface area contributed by atoms with Gasteiger partial charge >= 0.3 is 0 Å². The zero-order valence-electron chi connectivity index (χ0n) is 14.2. The van der Waals surface area contributed by atoms with E-state index in [2.05, 4.69) is 17.5 Å². The maximum atomic E-state index is 7.05. The zero-order valence-corrected chi connectivity index (χ0v) is 15.0. The molecule has 0 saturated heterocycles. The van der Waals surface area contributed by atoms with Crippen LogP contribution in [-0.2, 0) is 6.42 Å². The van der Waals surface area contributed by atoms with Crippen LogP contribution in [0.5, 0.6) is 17.2 Å². The Morgan fingerprint density at radius 3 is 2.23 bits per heavy atom. The lowest BCUT2D eigenvalue weighted by Gasteiger charge is -2.09. The molecule has 0 spiro atoms. The third-order valence-electron chi connectivity index (χ3n) is 3.71. The number of thiophene rings is 1. The monoisotopic (exact) mass is 364 g/mol. The molecule has 0 unspecified atom stereocenters. The Morgan fingerprint density at radius 2 is 1.62 bits per heavy atom. The largest absolute Gasteiger partial charge is 0.493 e. The van der Waals surface area contributed by atoms with E-state index >= 15 is 0 Å². The van der Waals surface area contributed by atoms with Crippen molar-refractivity contribution in [3.8, 4) is 17.2 Å². The van der Waals surface area contributed by atoms with E-state index < -0.39 is 0 Å². The minimum Gasteiger partial charge on any atom is -0.493 e. The van der Waals surface area contributed by atoms with E-state index in [-0.39, 0.29) is 0 Å². The van der Waals surface area contributed by atoms with E-state index in [0.717, 1.165) is 29.2 Å². The number of ether oxygens (including phenoxy) is 2. The Hall–Kier alpha value is -3.05. The molecule has 3 rings (SSSR count). The second kappa shape index (κ2) is 8.87. The maximum absolute atomic E-state index is 7.05. The lowest BCUT2D eigenvalue weighted by molar-refractivity contribution is 0.322. The second-order valence-electron chi connectivity index (χ2n) is 5.56. The van der Waals surface area contributed by atoms with Gasteiger partial charge in [0.2, 0.25) is 0 Å². The van der Waals surface area contributed by atoms with Gasteiger partial charge in [-0.25, -0.2) is 0 Å². The summed E-state index contributed by atoms with van der Waals surface area (Å²) < 4.78 is 11.6. The summed E-state index contributed by atoms with van der Waals surface area (Å²) in [6.45, 7) is 0.660. The average molecular weight is 364 g/mol. The SMILES string of the molecule is N=C/C=C(\N)c1ccc(Oc2ccc(OCCc3cccs3)cc2)cc1. The molecule has 0 bridgehead atoms. The van der Waals surface area contributed by atoms with Crippen molar-refractivity contribution < 1.29 is 9.47 Å². The molecular weight excluding hydrogens is 344 g/mol. The van der Waals surface area contributed by atoms with Gasteiger partial charge in [0.05, 0.1) is 6.61 Å². The highest BCUT2D eigenvalue weighted by Gasteiger charge is 2.01. The molecule has 0 atom stereocenters. The Kier molecular flexibility index (Phi) is 6.06. The number of hydrogen-bond acceptors (Lipinski definition) is 5. The first-order valence-electron chi connectivity index (χ1n) is 8.24. The van der Waals surface area contributed by atoms with E-state index in [1.54, 1.807) is 17.4 Å². The van der Waals surface area contributed by atoms with Crippen molar-refractivity contribution >= 4 is 23.2 Å². The molecule has 3 N–H and O–H groups in total. The van der Waals surface area contributed by atoms with Crippen molar-refractivity contribution in [2.75, 3.05) is 6.61 Å². The molecule has 0 fully saturated rings. The van der Waals surface area contributed by atoms with Crippen LogP contribution in [0.4, 0.5) is 0 Å². The van der Waals surface area contributed by atoms with Crippen molar-refractivity contribution in [1.82, 2.24) is 0 Å². The smallest absolute Gasteiger partial charge is 0.127 e. The fraction of sp³-hybridized carbons (Fsp3) is 0.0952. The third kappa shape index (κ3) is 4.97. The number of benzene rings is 2.